The van der Waals surface area contributed by atoms with Crippen LogP contribution in [0, 0.1) is 12.8 Å². The lowest BCUT2D eigenvalue weighted by Crippen LogP contribution is -2.28. The molecule has 0 aliphatic heterocycles. The van der Waals surface area contributed by atoms with Gasteiger partial charge in [0.1, 0.15) is 0 Å². The van der Waals surface area contributed by atoms with Gasteiger partial charge in [0.25, 0.3) is 0 Å². The number of aryl methyl sites for hydroxylation is 1. The molecule has 1 aliphatic carbocycles. The Kier molecular flexibility index (Phi) is 4.38. The van der Waals surface area contributed by atoms with E-state index in [1.165, 1.54) is 36.1 Å². The van der Waals surface area contributed by atoms with Gasteiger partial charge in [-0.2, -0.15) is 0 Å². The number of nitrogens with one attached hydrogen (secondary N) is 1. The molecule has 0 amide bonds. The molecule has 90 valence electrons. The van der Waals surface area contributed by atoms with Crippen LogP contribution in [0.4, 0.5) is 0 Å². The van der Waals surface area contributed by atoms with E-state index in [2.05, 4.69) is 23.7 Å². The zero-order chi connectivity index (χ0) is 11.4. The summed E-state index contributed by atoms with van der Waals surface area (Å²) in [5.74, 6) is 0.828. The topological polar surface area (TPSA) is 32.3 Å². The Balaban J connectivity index is 1.88. The SMILES string of the molecule is Cc1ccsc1C(CO)NCC1CCCC1. The largest absolute Gasteiger partial charge is 0.394 e. The Morgan fingerprint density at radius 3 is 2.81 bits per heavy atom. The van der Waals surface area contributed by atoms with Crippen LogP contribution in [-0.4, -0.2) is 18.3 Å². The molecule has 2 nitrogen and oxygen atoms in total. The second kappa shape index (κ2) is 5.80. The number of aliphatic hydroxyl groups is 1. The molecule has 0 saturated heterocycles. The highest BCUT2D eigenvalue weighted by Gasteiger charge is 2.18. The molecule has 1 atom stereocenters. The van der Waals surface area contributed by atoms with Crippen molar-refractivity contribution in [2.24, 2.45) is 5.92 Å². The molecule has 2 N–H and O–H groups in total. The van der Waals surface area contributed by atoms with E-state index in [1.807, 2.05) is 0 Å². The summed E-state index contributed by atoms with van der Waals surface area (Å²) in [4.78, 5) is 1.29. The van der Waals surface area contributed by atoms with Crippen molar-refractivity contribution in [1.82, 2.24) is 5.32 Å². The summed E-state index contributed by atoms with van der Waals surface area (Å²) in [6.45, 7) is 3.38. The molecule has 0 bridgehead atoms. The first-order valence-electron chi connectivity index (χ1n) is 6.19. The van der Waals surface area contributed by atoms with Crippen LogP contribution in [0.25, 0.3) is 0 Å². The van der Waals surface area contributed by atoms with Crippen LogP contribution < -0.4 is 5.32 Å². The van der Waals surface area contributed by atoms with Crippen LogP contribution in [0.5, 0.6) is 0 Å². The molecule has 1 aromatic rings. The van der Waals surface area contributed by atoms with Crippen molar-refractivity contribution < 1.29 is 5.11 Å². The predicted molar refractivity (Wildman–Crippen MR) is 68.8 cm³/mol. The molecule has 1 saturated carbocycles. The maximum Gasteiger partial charge on any atom is 0.0652 e. The standard InChI is InChI=1S/C13H21NOS/c1-10-6-7-16-13(10)12(9-15)14-8-11-4-2-3-5-11/h6-7,11-12,14-15H,2-5,8-9H2,1H3. The Morgan fingerprint density at radius 2 is 2.25 bits per heavy atom. The summed E-state index contributed by atoms with van der Waals surface area (Å²) in [5, 5.41) is 15.1. The van der Waals surface area contributed by atoms with E-state index in [0.29, 0.717) is 0 Å². The van der Waals surface area contributed by atoms with Gasteiger partial charge >= 0.3 is 0 Å². The second-order valence-corrected chi connectivity index (χ2v) is 5.71. The maximum absolute atomic E-state index is 9.44. The van der Waals surface area contributed by atoms with Gasteiger partial charge in [-0.25, -0.2) is 0 Å². The number of rotatable bonds is 5. The van der Waals surface area contributed by atoms with E-state index in [4.69, 9.17) is 0 Å². The second-order valence-electron chi connectivity index (χ2n) is 4.76. The normalized spacial score (nSPS) is 19.1. The van der Waals surface area contributed by atoms with E-state index in [9.17, 15) is 5.11 Å². The number of hydrogen-bond acceptors (Lipinski definition) is 3. The molecular formula is C13H21NOS. The fourth-order valence-corrected chi connectivity index (χ4v) is 3.50. The van der Waals surface area contributed by atoms with E-state index in [0.717, 1.165) is 12.5 Å². The summed E-state index contributed by atoms with van der Waals surface area (Å²) in [5.41, 5.74) is 1.29. The third kappa shape index (κ3) is 2.84. The molecule has 0 radical (unpaired) electrons. The van der Waals surface area contributed by atoms with E-state index in [1.54, 1.807) is 11.3 Å². The molecule has 1 aromatic heterocycles. The van der Waals surface area contributed by atoms with Crippen molar-refractivity contribution in [1.29, 1.82) is 0 Å². The van der Waals surface area contributed by atoms with Gasteiger partial charge in [0.15, 0.2) is 0 Å². The minimum Gasteiger partial charge on any atom is -0.394 e. The lowest BCUT2D eigenvalue weighted by Gasteiger charge is -2.18. The monoisotopic (exact) mass is 239 g/mol. The average molecular weight is 239 g/mol. The number of hydrogen-bond donors (Lipinski definition) is 2. The zero-order valence-electron chi connectivity index (χ0n) is 9.91. The smallest absolute Gasteiger partial charge is 0.0652 e. The fraction of sp³-hybridized carbons (Fsp3) is 0.692. The first-order chi connectivity index (χ1) is 7.81. The quantitative estimate of drug-likeness (QED) is 0.828. The summed E-state index contributed by atoms with van der Waals surface area (Å²) < 4.78 is 0. The van der Waals surface area contributed by atoms with Gasteiger partial charge < -0.3 is 10.4 Å². The van der Waals surface area contributed by atoms with Gasteiger partial charge in [0.05, 0.1) is 12.6 Å². The zero-order valence-corrected chi connectivity index (χ0v) is 10.7. The molecular weight excluding hydrogens is 218 g/mol. The van der Waals surface area contributed by atoms with Crippen LogP contribution in [0.2, 0.25) is 0 Å². The Labute approximate surface area is 102 Å². The van der Waals surface area contributed by atoms with Crippen molar-refractivity contribution in [3.05, 3.63) is 21.9 Å². The molecule has 1 aliphatic rings. The first-order valence-corrected chi connectivity index (χ1v) is 7.07. The number of aliphatic hydroxyl groups excluding tert-OH is 1. The van der Waals surface area contributed by atoms with Crippen LogP contribution in [0.3, 0.4) is 0 Å². The van der Waals surface area contributed by atoms with Gasteiger partial charge in [0, 0.05) is 4.88 Å². The Bertz CT molecular complexity index is 317. The summed E-state index contributed by atoms with van der Waals surface area (Å²) in [6, 6.07) is 2.26. The van der Waals surface area contributed by atoms with Crippen LogP contribution in [0.15, 0.2) is 11.4 Å². The van der Waals surface area contributed by atoms with Gasteiger partial charge in [-0.05, 0) is 49.2 Å². The van der Waals surface area contributed by atoms with E-state index < -0.39 is 0 Å². The van der Waals surface area contributed by atoms with E-state index >= 15 is 0 Å². The van der Waals surface area contributed by atoms with Gasteiger partial charge in [-0.3, -0.25) is 0 Å². The third-order valence-corrected chi connectivity index (χ3v) is 4.66. The van der Waals surface area contributed by atoms with Crippen LogP contribution in [-0.2, 0) is 0 Å². The van der Waals surface area contributed by atoms with Crippen molar-refractivity contribution in [3.63, 3.8) is 0 Å². The van der Waals surface area contributed by atoms with Crippen LogP contribution >= 0.6 is 11.3 Å². The summed E-state index contributed by atoms with van der Waals surface area (Å²) >= 11 is 1.74. The molecule has 0 aromatic carbocycles. The molecule has 1 heterocycles. The Hall–Kier alpha value is -0.380. The minimum atomic E-state index is 0.139. The van der Waals surface area contributed by atoms with Gasteiger partial charge in [0.2, 0.25) is 0 Å². The first kappa shape index (κ1) is 12.1. The van der Waals surface area contributed by atoms with Crippen molar-refractivity contribution >= 4 is 11.3 Å². The molecule has 3 heteroatoms. The molecule has 1 unspecified atom stereocenters. The highest BCUT2D eigenvalue weighted by atomic mass is 32.1. The summed E-state index contributed by atoms with van der Waals surface area (Å²) in [6.07, 6.45) is 5.48. The van der Waals surface area contributed by atoms with Gasteiger partial charge in [-0.1, -0.05) is 12.8 Å². The summed E-state index contributed by atoms with van der Waals surface area (Å²) in [7, 11) is 0. The molecule has 1 fully saturated rings. The maximum atomic E-state index is 9.44. The lowest BCUT2D eigenvalue weighted by atomic mass is 10.1. The van der Waals surface area contributed by atoms with Crippen molar-refractivity contribution in [2.75, 3.05) is 13.2 Å². The van der Waals surface area contributed by atoms with Gasteiger partial charge in [-0.15, -0.1) is 11.3 Å². The van der Waals surface area contributed by atoms with Crippen LogP contribution in [0.1, 0.15) is 42.2 Å². The third-order valence-electron chi connectivity index (χ3n) is 3.53. The molecule has 2 rings (SSSR count). The number of thiophene rings is 1. The fourth-order valence-electron chi connectivity index (χ4n) is 2.50. The van der Waals surface area contributed by atoms with Crippen molar-refractivity contribution in [3.8, 4) is 0 Å². The predicted octanol–water partition coefficient (Wildman–Crippen LogP) is 2.87. The average Bonchev–Trinajstić information content (AvgIpc) is 2.92. The highest BCUT2D eigenvalue weighted by Crippen LogP contribution is 2.27. The molecule has 16 heavy (non-hydrogen) atoms. The minimum absolute atomic E-state index is 0.139. The lowest BCUT2D eigenvalue weighted by molar-refractivity contribution is 0.240. The highest BCUT2D eigenvalue weighted by molar-refractivity contribution is 7.10. The Morgan fingerprint density at radius 1 is 1.50 bits per heavy atom. The van der Waals surface area contributed by atoms with Crippen molar-refractivity contribution in [2.45, 2.75) is 38.6 Å². The van der Waals surface area contributed by atoms with E-state index in [-0.39, 0.29) is 12.6 Å². The molecule has 0 spiro atoms.